The van der Waals surface area contributed by atoms with Gasteiger partial charge in [0.25, 0.3) is 0 Å². The maximum Gasteiger partial charge on any atom is 0.407 e. The first-order valence-corrected chi connectivity index (χ1v) is 22.3. The number of carbonyl (C=O) groups excluding carboxylic acids is 3. The first kappa shape index (κ1) is 50.6. The predicted molar refractivity (Wildman–Crippen MR) is 222 cm³/mol. The fraction of sp³-hybridized carbons (Fsp3) is 0.844. The number of hydrogen-bond acceptors (Lipinski definition) is 7. The summed E-state index contributed by atoms with van der Waals surface area (Å²) in [6, 6.07) is 0. The normalized spacial score (nSPS) is 12.1. The van der Waals surface area contributed by atoms with Gasteiger partial charge < -0.3 is 24.8 Å². The quantitative estimate of drug-likeness (QED) is 0.0278. The molecule has 0 aromatic carbocycles. The number of alkyl carbamates (subject to hydrolysis) is 1. The average molecular weight is 749 g/mol. The van der Waals surface area contributed by atoms with Crippen molar-refractivity contribution in [2.45, 2.75) is 213 Å². The Labute approximate surface area is 326 Å². The zero-order chi connectivity index (χ0) is 38.7. The van der Waals surface area contributed by atoms with E-state index in [0.717, 1.165) is 70.8 Å². The van der Waals surface area contributed by atoms with Gasteiger partial charge >= 0.3 is 18.0 Å². The fourth-order valence-electron chi connectivity index (χ4n) is 6.08. The van der Waals surface area contributed by atoms with E-state index in [9.17, 15) is 14.4 Å². The number of ether oxygens (including phenoxy) is 3. The van der Waals surface area contributed by atoms with Crippen molar-refractivity contribution in [1.82, 2.24) is 10.6 Å². The first-order chi connectivity index (χ1) is 26.0. The summed E-state index contributed by atoms with van der Waals surface area (Å²) >= 11 is 0. The molecule has 0 aromatic heterocycles. The zero-order valence-corrected chi connectivity index (χ0v) is 34.9. The fourth-order valence-corrected chi connectivity index (χ4v) is 6.08. The van der Waals surface area contributed by atoms with Crippen LogP contribution >= 0.6 is 0 Å². The molecule has 0 aliphatic heterocycles. The molecule has 0 aliphatic carbocycles. The molecule has 2 N–H and O–H groups in total. The van der Waals surface area contributed by atoms with Gasteiger partial charge in [0.15, 0.2) is 6.10 Å². The molecule has 1 unspecified atom stereocenters. The smallest absolute Gasteiger partial charge is 0.407 e. The van der Waals surface area contributed by atoms with Crippen LogP contribution in [0.5, 0.6) is 0 Å². The summed E-state index contributed by atoms with van der Waals surface area (Å²) < 4.78 is 16.3. The van der Waals surface area contributed by atoms with Crippen molar-refractivity contribution >= 4 is 18.0 Å². The van der Waals surface area contributed by atoms with E-state index in [1.807, 2.05) is 0 Å². The third kappa shape index (κ3) is 40.7. The van der Waals surface area contributed by atoms with Crippen molar-refractivity contribution in [3.05, 3.63) is 24.3 Å². The van der Waals surface area contributed by atoms with Crippen LogP contribution in [0, 0.1) is 0 Å². The van der Waals surface area contributed by atoms with Crippen LogP contribution < -0.4 is 10.6 Å². The Hall–Kier alpha value is -2.35. The second kappa shape index (κ2) is 42.4. The van der Waals surface area contributed by atoms with E-state index in [2.05, 4.69) is 55.7 Å². The number of allylic oxidation sites excluding steroid dienone is 4. The molecule has 0 aliphatic rings. The molecule has 0 bridgehead atoms. The van der Waals surface area contributed by atoms with E-state index >= 15 is 0 Å². The molecular formula is C45H84N2O6. The van der Waals surface area contributed by atoms with Crippen LogP contribution in [0.25, 0.3) is 0 Å². The van der Waals surface area contributed by atoms with Crippen molar-refractivity contribution in [1.29, 1.82) is 0 Å². The highest BCUT2D eigenvalue weighted by atomic mass is 16.6. The number of amides is 1. The lowest BCUT2D eigenvalue weighted by atomic mass is 10.1. The van der Waals surface area contributed by atoms with Gasteiger partial charge in [0.05, 0.1) is 6.54 Å². The zero-order valence-electron chi connectivity index (χ0n) is 34.9. The maximum absolute atomic E-state index is 12.6. The van der Waals surface area contributed by atoms with Gasteiger partial charge in [-0.05, 0) is 77.2 Å². The van der Waals surface area contributed by atoms with Crippen LogP contribution in [0.15, 0.2) is 24.3 Å². The monoisotopic (exact) mass is 749 g/mol. The minimum atomic E-state index is -0.755. The largest absolute Gasteiger partial charge is 0.462 e. The molecule has 53 heavy (non-hydrogen) atoms. The lowest BCUT2D eigenvalue weighted by molar-refractivity contribution is -0.158. The maximum atomic E-state index is 12.6. The molecule has 1 amide bonds. The van der Waals surface area contributed by atoms with Gasteiger partial charge in [-0.2, -0.15) is 0 Å². The molecule has 0 heterocycles. The van der Waals surface area contributed by atoms with Gasteiger partial charge in [0, 0.05) is 19.4 Å². The number of unbranched alkanes of at least 4 members (excludes halogenated alkanes) is 22. The van der Waals surface area contributed by atoms with E-state index in [1.54, 1.807) is 0 Å². The van der Waals surface area contributed by atoms with Gasteiger partial charge in [0.2, 0.25) is 0 Å². The summed E-state index contributed by atoms with van der Waals surface area (Å²) in [6.07, 6.45) is 40.8. The minimum Gasteiger partial charge on any atom is -0.462 e. The molecule has 0 fully saturated rings. The molecule has 0 rings (SSSR count). The van der Waals surface area contributed by atoms with Gasteiger partial charge in [-0.25, -0.2) is 4.79 Å². The third-order valence-electron chi connectivity index (χ3n) is 9.43. The van der Waals surface area contributed by atoms with Crippen molar-refractivity contribution < 1.29 is 28.6 Å². The Bertz CT molecular complexity index is 877. The standard InChI is InChI=1S/C45H84N2O6/c1-4-7-9-11-13-15-17-19-21-23-25-27-29-31-33-35-43(48)52-41-42(40-47-45(50)51-39-38-46-37-6-3)53-44(49)36-34-32-30-28-26-24-22-20-18-16-14-12-10-8-5-2/h19-22,42,46H,4-18,23-41H2,1-3H3,(H,47,50). The van der Waals surface area contributed by atoms with Crippen LogP contribution in [0.4, 0.5) is 4.79 Å². The van der Waals surface area contributed by atoms with E-state index in [1.165, 1.54) is 109 Å². The molecule has 0 saturated carbocycles. The SMILES string of the molecule is CCCCCCCCC=CCCCCCCCC(=O)OCC(CNC(=O)OCCNCCC)OC(=O)CCCCCCCC=CCCCCCCCC. The van der Waals surface area contributed by atoms with Crippen LogP contribution in [0.2, 0.25) is 0 Å². The Balaban J connectivity index is 4.24. The highest BCUT2D eigenvalue weighted by Crippen LogP contribution is 2.13. The highest BCUT2D eigenvalue weighted by molar-refractivity contribution is 5.70. The molecule has 8 nitrogen and oxygen atoms in total. The summed E-state index contributed by atoms with van der Waals surface area (Å²) in [6.45, 7) is 8.22. The average Bonchev–Trinajstić information content (AvgIpc) is 3.15. The van der Waals surface area contributed by atoms with Crippen molar-refractivity contribution in [2.75, 3.05) is 32.8 Å². The summed E-state index contributed by atoms with van der Waals surface area (Å²) in [5.41, 5.74) is 0. The topological polar surface area (TPSA) is 103 Å². The number of esters is 2. The summed E-state index contributed by atoms with van der Waals surface area (Å²) in [4.78, 5) is 37.3. The third-order valence-corrected chi connectivity index (χ3v) is 9.43. The summed E-state index contributed by atoms with van der Waals surface area (Å²) in [5.74, 6) is -0.634. The Morgan fingerprint density at radius 3 is 1.40 bits per heavy atom. The van der Waals surface area contributed by atoms with Crippen LogP contribution in [0.1, 0.15) is 207 Å². The summed E-state index contributed by atoms with van der Waals surface area (Å²) in [5, 5.41) is 5.84. The number of rotatable bonds is 40. The van der Waals surface area contributed by atoms with Crippen molar-refractivity contribution in [3.63, 3.8) is 0 Å². The summed E-state index contributed by atoms with van der Waals surface area (Å²) in [7, 11) is 0. The molecule has 0 radical (unpaired) electrons. The van der Waals surface area contributed by atoms with E-state index < -0.39 is 12.2 Å². The molecule has 1 atom stereocenters. The van der Waals surface area contributed by atoms with Crippen LogP contribution in [-0.4, -0.2) is 57.0 Å². The lowest BCUT2D eigenvalue weighted by Crippen LogP contribution is -2.39. The second-order valence-corrected chi connectivity index (χ2v) is 14.7. The van der Waals surface area contributed by atoms with Gasteiger partial charge in [-0.1, -0.05) is 148 Å². The van der Waals surface area contributed by atoms with E-state index in [0.29, 0.717) is 19.4 Å². The first-order valence-electron chi connectivity index (χ1n) is 22.3. The van der Waals surface area contributed by atoms with Gasteiger partial charge in [-0.15, -0.1) is 0 Å². The Kier molecular flexibility index (Phi) is 40.5. The molecule has 0 spiro atoms. The number of hydrogen-bond donors (Lipinski definition) is 2. The second-order valence-electron chi connectivity index (χ2n) is 14.7. The number of nitrogens with one attached hydrogen (secondary N) is 2. The van der Waals surface area contributed by atoms with Gasteiger partial charge in [0.1, 0.15) is 13.2 Å². The minimum absolute atomic E-state index is 0.0278. The van der Waals surface area contributed by atoms with Crippen molar-refractivity contribution in [2.24, 2.45) is 0 Å². The predicted octanol–water partition coefficient (Wildman–Crippen LogP) is 12.2. The molecule has 0 saturated heterocycles. The molecule has 310 valence electrons. The van der Waals surface area contributed by atoms with Crippen LogP contribution in [-0.2, 0) is 23.8 Å². The Morgan fingerprint density at radius 1 is 0.491 bits per heavy atom. The number of carbonyl (C=O) groups is 3. The van der Waals surface area contributed by atoms with E-state index in [4.69, 9.17) is 14.2 Å². The lowest BCUT2D eigenvalue weighted by Gasteiger charge is -2.19. The Morgan fingerprint density at radius 2 is 0.925 bits per heavy atom. The van der Waals surface area contributed by atoms with Gasteiger partial charge in [-0.3, -0.25) is 9.59 Å². The highest BCUT2D eigenvalue weighted by Gasteiger charge is 2.18. The molecule has 0 aromatic rings. The molecular weight excluding hydrogens is 665 g/mol. The van der Waals surface area contributed by atoms with Crippen LogP contribution in [0.3, 0.4) is 0 Å². The molecule has 8 heteroatoms. The van der Waals surface area contributed by atoms with Crippen molar-refractivity contribution in [3.8, 4) is 0 Å². The van der Waals surface area contributed by atoms with E-state index in [-0.39, 0.29) is 31.7 Å².